The van der Waals surface area contributed by atoms with Crippen molar-refractivity contribution in [3.8, 4) is 23.0 Å². The Kier molecular flexibility index (Phi) is 4.95. The molecule has 28 heavy (non-hydrogen) atoms. The largest absolute Gasteiger partial charge is 0.507 e. The summed E-state index contributed by atoms with van der Waals surface area (Å²) in [6, 6.07) is 4.23. The van der Waals surface area contributed by atoms with E-state index in [1.165, 1.54) is 32.4 Å². The molecule has 3 aromatic rings. The maximum Gasteiger partial charge on any atom is 0.201 e. The third kappa shape index (κ3) is 2.84. The van der Waals surface area contributed by atoms with E-state index >= 15 is 0 Å². The van der Waals surface area contributed by atoms with Crippen molar-refractivity contribution in [2.45, 2.75) is 19.4 Å². The topological polar surface area (TPSA) is 101 Å². The highest BCUT2D eigenvalue weighted by Gasteiger charge is 2.24. The molecule has 1 aromatic heterocycles. The van der Waals surface area contributed by atoms with Crippen LogP contribution in [-0.4, -0.2) is 40.2 Å². The van der Waals surface area contributed by atoms with Gasteiger partial charge in [-0.15, -0.1) is 0 Å². The second-order valence-electron chi connectivity index (χ2n) is 6.77. The van der Waals surface area contributed by atoms with Crippen LogP contribution in [0, 0.1) is 0 Å². The number of pyridine rings is 1. The van der Waals surface area contributed by atoms with Gasteiger partial charge in [-0.1, -0.05) is 12.2 Å². The number of aromatic nitrogens is 1. The summed E-state index contributed by atoms with van der Waals surface area (Å²) in [5.74, 6) is 0.140. The molecule has 1 heterocycles. The van der Waals surface area contributed by atoms with Gasteiger partial charge >= 0.3 is 0 Å². The van der Waals surface area contributed by atoms with Gasteiger partial charge in [0.05, 0.1) is 42.1 Å². The zero-order valence-electron chi connectivity index (χ0n) is 16.2. The number of methoxy groups -OCH3 is 2. The SMILES string of the molecule is C=C(C)C(O)Cc1c(OC)cc(O)c2c(=O)c3ccc(O)c(OC)c3n(C)c12. The lowest BCUT2D eigenvalue weighted by atomic mass is 9.97. The summed E-state index contributed by atoms with van der Waals surface area (Å²) < 4.78 is 12.4. The van der Waals surface area contributed by atoms with Crippen LogP contribution in [-0.2, 0) is 13.5 Å². The number of rotatable bonds is 5. The minimum Gasteiger partial charge on any atom is -0.507 e. The van der Waals surface area contributed by atoms with Gasteiger partial charge in [-0.3, -0.25) is 4.79 Å². The minimum absolute atomic E-state index is 0.104. The number of benzene rings is 2. The first kappa shape index (κ1) is 19.6. The highest BCUT2D eigenvalue weighted by Crippen LogP contribution is 2.39. The molecule has 3 rings (SSSR count). The molecule has 7 heteroatoms. The fourth-order valence-electron chi connectivity index (χ4n) is 3.54. The third-order valence-electron chi connectivity index (χ3n) is 4.99. The second-order valence-corrected chi connectivity index (χ2v) is 6.77. The van der Waals surface area contributed by atoms with Crippen molar-refractivity contribution in [3.63, 3.8) is 0 Å². The summed E-state index contributed by atoms with van der Waals surface area (Å²) in [6.07, 6.45) is -0.728. The van der Waals surface area contributed by atoms with Gasteiger partial charge in [0.2, 0.25) is 5.43 Å². The Balaban J connectivity index is 2.58. The Bertz CT molecular complexity index is 1160. The van der Waals surface area contributed by atoms with E-state index in [-0.39, 0.29) is 34.4 Å². The predicted molar refractivity (Wildman–Crippen MR) is 108 cm³/mol. The molecule has 1 unspecified atom stereocenters. The smallest absolute Gasteiger partial charge is 0.201 e. The molecule has 7 nitrogen and oxygen atoms in total. The molecule has 3 N–H and O–H groups in total. The fraction of sp³-hybridized carbons (Fsp3) is 0.286. The Hall–Kier alpha value is -3.19. The lowest BCUT2D eigenvalue weighted by molar-refractivity contribution is 0.210. The number of ether oxygens (including phenoxy) is 2. The highest BCUT2D eigenvalue weighted by molar-refractivity contribution is 6.01. The molecule has 148 valence electrons. The number of nitrogens with zero attached hydrogens (tertiary/aromatic N) is 1. The Morgan fingerprint density at radius 2 is 1.86 bits per heavy atom. The molecule has 0 aliphatic carbocycles. The normalized spacial score (nSPS) is 12.3. The molecule has 0 saturated carbocycles. The van der Waals surface area contributed by atoms with Gasteiger partial charge < -0.3 is 29.4 Å². The average molecular weight is 385 g/mol. The lowest BCUT2D eigenvalue weighted by Gasteiger charge is -2.21. The zero-order valence-corrected chi connectivity index (χ0v) is 16.2. The Morgan fingerprint density at radius 1 is 1.18 bits per heavy atom. The number of phenolic OH excluding ortho intramolecular Hbond substituents is 2. The quantitative estimate of drug-likeness (QED) is 0.461. The Labute approximate surface area is 161 Å². The van der Waals surface area contributed by atoms with Crippen LogP contribution in [0.15, 0.2) is 35.1 Å². The van der Waals surface area contributed by atoms with Crippen LogP contribution < -0.4 is 14.9 Å². The first-order valence-electron chi connectivity index (χ1n) is 8.67. The first-order chi connectivity index (χ1) is 13.2. The molecule has 0 bridgehead atoms. The van der Waals surface area contributed by atoms with Crippen molar-refractivity contribution in [1.29, 1.82) is 0 Å². The standard InChI is InChI=1S/C21H23NO6/c1-10(2)14(24)8-12-16(27-4)9-15(25)17-18(12)22(3)19-11(20(17)26)6-7-13(23)21(19)28-5/h6-7,9,14,23-25H,1,8H2,2-5H3. The van der Waals surface area contributed by atoms with Crippen LogP contribution in [0.4, 0.5) is 0 Å². The van der Waals surface area contributed by atoms with E-state index in [4.69, 9.17) is 9.47 Å². The summed E-state index contributed by atoms with van der Waals surface area (Å²) in [6.45, 7) is 5.48. The predicted octanol–water partition coefficient (Wildman–Crippen LogP) is 2.60. The highest BCUT2D eigenvalue weighted by atomic mass is 16.5. The number of aromatic hydroxyl groups is 2. The molecule has 0 aliphatic heterocycles. The van der Waals surface area contributed by atoms with Gasteiger partial charge in [-0.2, -0.15) is 0 Å². The molecule has 0 radical (unpaired) electrons. The van der Waals surface area contributed by atoms with E-state index in [2.05, 4.69) is 6.58 Å². The summed E-state index contributed by atoms with van der Waals surface area (Å²) in [5.41, 5.74) is 1.45. The van der Waals surface area contributed by atoms with Crippen LogP contribution in [0.1, 0.15) is 12.5 Å². The number of hydrogen-bond donors (Lipinski definition) is 3. The molecule has 1 atom stereocenters. The molecule has 0 amide bonds. The van der Waals surface area contributed by atoms with Gasteiger partial charge in [0.25, 0.3) is 0 Å². The molecular weight excluding hydrogens is 362 g/mol. The van der Waals surface area contributed by atoms with Gasteiger partial charge in [-0.25, -0.2) is 0 Å². The van der Waals surface area contributed by atoms with Crippen molar-refractivity contribution in [3.05, 3.63) is 46.1 Å². The van der Waals surface area contributed by atoms with Crippen LogP contribution in [0.25, 0.3) is 21.8 Å². The molecule has 0 fully saturated rings. The molecule has 0 saturated heterocycles. The second kappa shape index (κ2) is 7.09. The molecule has 2 aromatic carbocycles. The minimum atomic E-state index is -0.862. The summed E-state index contributed by atoms with van der Waals surface area (Å²) in [4.78, 5) is 13.2. The average Bonchev–Trinajstić information content (AvgIpc) is 2.66. The van der Waals surface area contributed by atoms with Crippen molar-refractivity contribution >= 4 is 21.8 Å². The number of aryl methyl sites for hydroxylation is 1. The van der Waals surface area contributed by atoms with Gasteiger partial charge in [-0.05, 0) is 19.1 Å². The van der Waals surface area contributed by atoms with Crippen LogP contribution in [0.3, 0.4) is 0 Å². The van der Waals surface area contributed by atoms with E-state index < -0.39 is 11.5 Å². The third-order valence-corrected chi connectivity index (χ3v) is 4.99. The van der Waals surface area contributed by atoms with Crippen molar-refractivity contribution in [2.24, 2.45) is 7.05 Å². The number of aliphatic hydroxyl groups excluding tert-OH is 1. The van der Waals surface area contributed by atoms with Crippen molar-refractivity contribution in [1.82, 2.24) is 4.57 Å². The Morgan fingerprint density at radius 3 is 2.43 bits per heavy atom. The number of fused-ring (bicyclic) bond motifs is 2. The number of hydrogen-bond acceptors (Lipinski definition) is 6. The summed E-state index contributed by atoms with van der Waals surface area (Å²) >= 11 is 0. The molecular formula is C21H23NO6. The fourth-order valence-corrected chi connectivity index (χ4v) is 3.54. The number of phenols is 2. The summed E-state index contributed by atoms with van der Waals surface area (Å²) in [5, 5.41) is 31.5. The maximum absolute atomic E-state index is 13.2. The van der Waals surface area contributed by atoms with Crippen LogP contribution in [0.2, 0.25) is 0 Å². The van der Waals surface area contributed by atoms with E-state index in [0.29, 0.717) is 27.9 Å². The molecule has 0 spiro atoms. The van der Waals surface area contributed by atoms with Crippen LogP contribution >= 0.6 is 0 Å². The van der Waals surface area contributed by atoms with Gasteiger partial charge in [0, 0.05) is 25.1 Å². The van der Waals surface area contributed by atoms with E-state index in [1.807, 2.05) is 0 Å². The van der Waals surface area contributed by atoms with Crippen LogP contribution in [0.5, 0.6) is 23.0 Å². The molecule has 0 aliphatic rings. The number of aliphatic hydroxyl groups is 1. The maximum atomic E-state index is 13.2. The first-order valence-corrected chi connectivity index (χ1v) is 8.67. The summed E-state index contributed by atoms with van der Waals surface area (Å²) in [7, 11) is 4.54. The van der Waals surface area contributed by atoms with Crippen molar-refractivity contribution < 1.29 is 24.8 Å². The van der Waals surface area contributed by atoms with E-state index in [9.17, 15) is 20.1 Å². The lowest BCUT2D eigenvalue weighted by Crippen LogP contribution is -2.17. The zero-order chi connectivity index (χ0) is 20.7. The van der Waals surface area contributed by atoms with E-state index in [1.54, 1.807) is 18.5 Å². The van der Waals surface area contributed by atoms with Gasteiger partial charge in [0.15, 0.2) is 11.5 Å². The van der Waals surface area contributed by atoms with Crippen molar-refractivity contribution in [2.75, 3.05) is 14.2 Å². The van der Waals surface area contributed by atoms with E-state index in [0.717, 1.165) is 0 Å². The van der Waals surface area contributed by atoms with Gasteiger partial charge in [0.1, 0.15) is 11.5 Å². The monoisotopic (exact) mass is 385 g/mol.